The summed E-state index contributed by atoms with van der Waals surface area (Å²) in [4.78, 5) is 4.75. The minimum Gasteiger partial charge on any atom is -0.378 e. The summed E-state index contributed by atoms with van der Waals surface area (Å²) < 4.78 is 31.3. The van der Waals surface area contributed by atoms with Gasteiger partial charge in [-0.25, -0.2) is 4.99 Å². The van der Waals surface area contributed by atoms with Crippen molar-refractivity contribution in [2.75, 3.05) is 19.8 Å². The molecule has 2 atom stereocenters. The Balaban J connectivity index is 2.21. The second-order valence-electron chi connectivity index (χ2n) is 6.68. The number of aliphatic imine (C=N–C) groups is 1. The highest BCUT2D eigenvalue weighted by Crippen LogP contribution is 2.78. The lowest BCUT2D eigenvalue weighted by molar-refractivity contribution is 0.0221. The molecule has 0 saturated carbocycles. The molecule has 1 aliphatic heterocycles. The van der Waals surface area contributed by atoms with E-state index in [0.29, 0.717) is 12.4 Å². The van der Waals surface area contributed by atoms with Crippen molar-refractivity contribution < 1.29 is 18.3 Å². The van der Waals surface area contributed by atoms with Gasteiger partial charge in [-0.3, -0.25) is 4.57 Å². The zero-order chi connectivity index (χ0) is 22.4. The van der Waals surface area contributed by atoms with Crippen molar-refractivity contribution >= 4 is 36.3 Å². The van der Waals surface area contributed by atoms with Crippen molar-refractivity contribution in [1.82, 2.24) is 0 Å². The number of benzene rings is 2. The van der Waals surface area contributed by atoms with Gasteiger partial charge in [0.05, 0.1) is 13.2 Å². The maximum Gasteiger partial charge on any atom is 0.357 e. The van der Waals surface area contributed by atoms with Gasteiger partial charge in [0.2, 0.25) is 9.55 Å². The summed E-state index contributed by atoms with van der Waals surface area (Å²) in [7, 11) is -3.81. The third kappa shape index (κ3) is 4.61. The number of thioether (sulfide) groups is 2. The molecule has 0 bridgehead atoms. The number of rotatable bonds is 11. The minimum atomic E-state index is -3.81. The van der Waals surface area contributed by atoms with Gasteiger partial charge in [0.25, 0.3) is 0 Å². The summed E-state index contributed by atoms with van der Waals surface area (Å²) >= 11 is 2.65. The number of hydrogen-bond acceptors (Lipinski definition) is 8. The van der Waals surface area contributed by atoms with Gasteiger partial charge in [-0.05, 0) is 31.9 Å². The highest BCUT2D eigenvalue weighted by Gasteiger charge is 2.71. The predicted octanol–water partition coefficient (Wildman–Crippen LogP) is 5.79. The molecule has 168 valence electrons. The monoisotopic (exact) mass is 480 g/mol. The van der Waals surface area contributed by atoms with E-state index in [1.165, 1.54) is 23.5 Å². The topological polar surface area (TPSA) is 83.1 Å². The normalized spacial score (nSPS) is 23.6. The van der Waals surface area contributed by atoms with Crippen molar-refractivity contribution in [2.45, 2.75) is 36.1 Å². The molecular weight excluding hydrogens is 451 g/mol. The lowest BCUT2D eigenvalue weighted by atomic mass is 10.1. The molecule has 0 saturated heterocycles. The summed E-state index contributed by atoms with van der Waals surface area (Å²) in [6.45, 7) is 6.28. The summed E-state index contributed by atoms with van der Waals surface area (Å²) in [6.07, 6.45) is 0. The SMILES string of the molecule is CCOC1(SCc2ccccc2)N=C(N)SC1(c1ccccc1)P(=O)(OCC)OCC. The number of hydrogen-bond donors (Lipinski definition) is 1. The third-order valence-electron chi connectivity index (χ3n) is 4.70. The first-order valence-corrected chi connectivity index (χ1v) is 13.6. The lowest BCUT2D eigenvalue weighted by Crippen LogP contribution is -2.46. The molecule has 0 spiro atoms. The molecule has 2 aromatic rings. The Labute approximate surface area is 192 Å². The maximum atomic E-state index is 14.5. The van der Waals surface area contributed by atoms with Gasteiger partial charge in [0, 0.05) is 12.4 Å². The van der Waals surface area contributed by atoms with Crippen molar-refractivity contribution in [2.24, 2.45) is 10.7 Å². The Morgan fingerprint density at radius 3 is 2.10 bits per heavy atom. The van der Waals surface area contributed by atoms with Crippen molar-refractivity contribution in [3.8, 4) is 0 Å². The molecule has 2 unspecified atom stereocenters. The fourth-order valence-electron chi connectivity index (χ4n) is 3.56. The second-order valence-corrected chi connectivity index (χ2v) is 11.5. The molecule has 0 aliphatic carbocycles. The van der Waals surface area contributed by atoms with Crippen LogP contribution in [0.3, 0.4) is 0 Å². The molecule has 31 heavy (non-hydrogen) atoms. The maximum absolute atomic E-state index is 14.5. The summed E-state index contributed by atoms with van der Waals surface area (Å²) in [5, 5.41) is -1.01. The quantitative estimate of drug-likeness (QED) is 0.322. The van der Waals surface area contributed by atoms with Crippen LogP contribution >= 0.6 is 31.1 Å². The van der Waals surface area contributed by atoms with Gasteiger partial charge in [-0.15, -0.1) is 0 Å². The molecule has 6 nitrogen and oxygen atoms in total. The first kappa shape index (κ1) is 24.4. The van der Waals surface area contributed by atoms with E-state index in [-0.39, 0.29) is 18.4 Å². The molecule has 0 radical (unpaired) electrons. The summed E-state index contributed by atoms with van der Waals surface area (Å²) in [5.74, 6) is 0.588. The van der Waals surface area contributed by atoms with Gasteiger partial charge < -0.3 is 19.5 Å². The molecule has 3 rings (SSSR count). The number of nitrogens with zero attached hydrogens (tertiary/aromatic N) is 1. The van der Waals surface area contributed by atoms with E-state index >= 15 is 0 Å². The average molecular weight is 481 g/mol. The molecule has 9 heteroatoms. The highest BCUT2D eigenvalue weighted by molar-refractivity contribution is 8.20. The lowest BCUT2D eigenvalue weighted by Gasteiger charge is -2.44. The van der Waals surface area contributed by atoms with E-state index in [0.717, 1.165) is 11.1 Å². The Bertz CT molecular complexity index is 922. The highest BCUT2D eigenvalue weighted by atomic mass is 32.2. The summed E-state index contributed by atoms with van der Waals surface area (Å²) in [6, 6.07) is 19.5. The average Bonchev–Trinajstić information content (AvgIpc) is 3.08. The van der Waals surface area contributed by atoms with Crippen molar-refractivity contribution in [3.05, 3.63) is 71.8 Å². The van der Waals surface area contributed by atoms with E-state index in [1.54, 1.807) is 13.8 Å². The third-order valence-corrected chi connectivity index (χ3v) is 11.0. The number of nitrogens with two attached hydrogens (primary N) is 1. The Kier molecular flexibility index (Phi) is 8.30. The molecule has 1 aliphatic rings. The first-order chi connectivity index (χ1) is 15.0. The fourth-order valence-corrected chi connectivity index (χ4v) is 9.74. The standard InChI is InChI=1S/C22H29N2O4PS2/c1-4-26-22(30-17-18-13-9-7-10-14-18)21(31-20(23)24-22,19-15-11-8-12-16-19)29(25,27-5-2)28-6-3/h7-16H,4-6,17H2,1-3H3,(H2,23,24). The molecular formula is C22H29N2O4PS2. The van der Waals surface area contributed by atoms with Gasteiger partial charge in [-0.1, -0.05) is 84.2 Å². The second kappa shape index (κ2) is 10.6. The van der Waals surface area contributed by atoms with Crippen LogP contribution < -0.4 is 5.73 Å². The molecule has 2 N–H and O–H groups in total. The van der Waals surface area contributed by atoms with Crippen molar-refractivity contribution in [3.63, 3.8) is 0 Å². The van der Waals surface area contributed by atoms with E-state index in [9.17, 15) is 4.57 Å². The zero-order valence-corrected chi connectivity index (χ0v) is 20.6. The fraction of sp³-hybridized carbons (Fsp3) is 0.409. The summed E-state index contributed by atoms with van der Waals surface area (Å²) in [5.41, 5.74) is 8.14. The van der Waals surface area contributed by atoms with Crippen LogP contribution in [0.5, 0.6) is 0 Å². The molecule has 1 heterocycles. The van der Waals surface area contributed by atoms with Crippen LogP contribution in [0.25, 0.3) is 0 Å². The van der Waals surface area contributed by atoms with Crippen LogP contribution in [-0.2, 0) is 28.6 Å². The van der Waals surface area contributed by atoms with Crippen LogP contribution in [0.15, 0.2) is 65.7 Å². The smallest absolute Gasteiger partial charge is 0.357 e. The molecule has 0 fully saturated rings. The Morgan fingerprint density at radius 2 is 1.55 bits per heavy atom. The van der Waals surface area contributed by atoms with Crippen LogP contribution in [0.1, 0.15) is 31.9 Å². The van der Waals surface area contributed by atoms with Gasteiger partial charge >= 0.3 is 7.60 Å². The van der Waals surface area contributed by atoms with Crippen LogP contribution in [-0.4, -0.2) is 30.0 Å². The van der Waals surface area contributed by atoms with Crippen LogP contribution in [0, 0.1) is 0 Å². The van der Waals surface area contributed by atoms with Gasteiger partial charge in [0.1, 0.15) is 0 Å². The largest absolute Gasteiger partial charge is 0.378 e. The Hall–Kier alpha value is -1.28. The van der Waals surface area contributed by atoms with E-state index in [1.807, 2.05) is 67.6 Å². The predicted molar refractivity (Wildman–Crippen MR) is 130 cm³/mol. The van der Waals surface area contributed by atoms with E-state index < -0.39 is 17.1 Å². The molecule has 0 aromatic heterocycles. The van der Waals surface area contributed by atoms with Gasteiger partial charge in [-0.2, -0.15) is 0 Å². The zero-order valence-electron chi connectivity index (χ0n) is 18.0. The van der Waals surface area contributed by atoms with E-state index in [4.69, 9.17) is 24.5 Å². The number of ether oxygens (including phenoxy) is 1. The molecule has 2 aromatic carbocycles. The minimum absolute atomic E-state index is 0.220. The first-order valence-electron chi connectivity index (χ1n) is 10.3. The van der Waals surface area contributed by atoms with E-state index in [2.05, 4.69) is 0 Å². The van der Waals surface area contributed by atoms with Gasteiger partial charge in [0.15, 0.2) is 5.17 Å². The van der Waals surface area contributed by atoms with Crippen LogP contribution in [0.2, 0.25) is 0 Å². The Morgan fingerprint density at radius 1 is 0.968 bits per heavy atom. The van der Waals surface area contributed by atoms with Crippen LogP contribution in [0.4, 0.5) is 0 Å². The molecule has 0 amide bonds. The van der Waals surface area contributed by atoms with Crippen molar-refractivity contribution in [1.29, 1.82) is 0 Å². The number of amidine groups is 1.